The second-order valence-corrected chi connectivity index (χ2v) is 3.36. The summed E-state index contributed by atoms with van der Waals surface area (Å²) in [7, 11) is 1.63. The molecular weight excluding hydrogens is 171 g/mol. The highest BCUT2D eigenvalue weighted by Crippen LogP contribution is 2.27. The molecule has 0 radical (unpaired) electrons. The Bertz CT molecular complexity index is 201. The van der Waals surface area contributed by atoms with Crippen LogP contribution < -0.4 is 0 Å². The lowest BCUT2D eigenvalue weighted by atomic mass is 9.85. The third-order valence-electron chi connectivity index (χ3n) is 2.44. The molecule has 0 aromatic heterocycles. The third kappa shape index (κ3) is 2.92. The molecule has 13 heavy (non-hydrogen) atoms. The van der Waals surface area contributed by atoms with Crippen molar-refractivity contribution in [3.05, 3.63) is 11.6 Å². The van der Waals surface area contributed by atoms with Gasteiger partial charge in [-0.2, -0.15) is 0 Å². The highest BCUT2D eigenvalue weighted by atomic mass is 19.1. The maximum atomic E-state index is 12.8. The molecule has 0 spiro atoms. The number of rotatable bonds is 4. The zero-order chi connectivity index (χ0) is 9.68. The Balaban J connectivity index is 2.53. The molecule has 1 rings (SSSR count). The number of halogens is 1. The van der Waals surface area contributed by atoms with E-state index in [0.717, 1.165) is 19.1 Å². The molecule has 0 aromatic carbocycles. The molecule has 3 heteroatoms. The largest absolute Gasteiger partial charge is 0.385 e. The zero-order valence-corrected chi connectivity index (χ0v) is 7.83. The van der Waals surface area contributed by atoms with Gasteiger partial charge in [-0.1, -0.05) is 0 Å². The predicted molar refractivity (Wildman–Crippen MR) is 48.3 cm³/mol. The van der Waals surface area contributed by atoms with Gasteiger partial charge < -0.3 is 4.74 Å². The quantitative estimate of drug-likeness (QED) is 0.627. The van der Waals surface area contributed by atoms with Crippen molar-refractivity contribution in [2.45, 2.75) is 25.4 Å². The van der Waals surface area contributed by atoms with Crippen LogP contribution in [-0.4, -0.2) is 26.2 Å². The topological polar surface area (TPSA) is 26.3 Å². The van der Waals surface area contributed by atoms with Crippen molar-refractivity contribution in [1.29, 1.82) is 0 Å². The van der Waals surface area contributed by atoms with Gasteiger partial charge in [0.05, 0.1) is 0 Å². The third-order valence-corrected chi connectivity index (χ3v) is 2.44. The van der Waals surface area contributed by atoms with Crippen LogP contribution in [0.15, 0.2) is 11.6 Å². The van der Waals surface area contributed by atoms with Gasteiger partial charge in [0.15, 0.2) is 0 Å². The number of alkyl halides is 1. The molecule has 2 nitrogen and oxygen atoms in total. The minimum absolute atomic E-state index is 0.199. The number of allylic oxidation sites excluding steroid dienone is 2. The molecule has 0 N–H and O–H groups in total. The summed E-state index contributed by atoms with van der Waals surface area (Å²) in [4.78, 5) is 10.6. The van der Waals surface area contributed by atoms with Crippen LogP contribution in [0.2, 0.25) is 0 Å². The number of methoxy groups -OCH3 is 1. The number of hydrogen-bond acceptors (Lipinski definition) is 2. The van der Waals surface area contributed by atoms with E-state index in [1.807, 2.05) is 0 Å². The van der Waals surface area contributed by atoms with Gasteiger partial charge in [0.25, 0.3) is 0 Å². The maximum absolute atomic E-state index is 12.8. The van der Waals surface area contributed by atoms with E-state index in [0.29, 0.717) is 18.6 Å². The highest BCUT2D eigenvalue weighted by molar-refractivity contribution is 5.74. The minimum atomic E-state index is -0.931. The van der Waals surface area contributed by atoms with E-state index in [1.165, 1.54) is 6.08 Å². The first kappa shape index (κ1) is 10.4. The Kier molecular flexibility index (Phi) is 4.09. The number of carbonyl (C=O) groups excluding carboxylic acids is 1. The lowest BCUT2D eigenvalue weighted by molar-refractivity contribution is -0.105. The van der Waals surface area contributed by atoms with Crippen molar-refractivity contribution in [3.8, 4) is 0 Å². The zero-order valence-electron chi connectivity index (χ0n) is 7.83. The van der Waals surface area contributed by atoms with Crippen molar-refractivity contribution in [1.82, 2.24) is 0 Å². The van der Waals surface area contributed by atoms with E-state index in [4.69, 9.17) is 4.74 Å². The molecule has 0 bridgehead atoms. The van der Waals surface area contributed by atoms with Gasteiger partial charge in [-0.3, -0.25) is 4.79 Å². The van der Waals surface area contributed by atoms with E-state index < -0.39 is 6.17 Å². The van der Waals surface area contributed by atoms with Crippen LogP contribution in [0.25, 0.3) is 0 Å². The van der Waals surface area contributed by atoms with Gasteiger partial charge in [-0.05, 0) is 36.8 Å². The van der Waals surface area contributed by atoms with Crippen LogP contribution in [-0.2, 0) is 9.53 Å². The fourth-order valence-corrected chi connectivity index (χ4v) is 1.66. The molecule has 0 amide bonds. The SMILES string of the molecule is COCCC1CC[C@@H](F)C=C1C=O. The van der Waals surface area contributed by atoms with Crippen LogP contribution >= 0.6 is 0 Å². The summed E-state index contributed by atoms with van der Waals surface area (Å²) < 4.78 is 17.8. The lowest BCUT2D eigenvalue weighted by Crippen LogP contribution is -2.17. The molecule has 0 aliphatic heterocycles. The summed E-state index contributed by atoms with van der Waals surface area (Å²) in [6, 6.07) is 0. The van der Waals surface area contributed by atoms with Gasteiger partial charge in [0.2, 0.25) is 0 Å². The average molecular weight is 186 g/mol. The van der Waals surface area contributed by atoms with E-state index in [2.05, 4.69) is 0 Å². The van der Waals surface area contributed by atoms with Crippen molar-refractivity contribution in [2.75, 3.05) is 13.7 Å². The molecule has 1 aliphatic rings. The van der Waals surface area contributed by atoms with Gasteiger partial charge in [0, 0.05) is 13.7 Å². The Morgan fingerprint density at radius 1 is 1.69 bits per heavy atom. The van der Waals surface area contributed by atoms with E-state index in [9.17, 15) is 9.18 Å². The first-order valence-electron chi connectivity index (χ1n) is 4.57. The van der Waals surface area contributed by atoms with Crippen molar-refractivity contribution in [2.24, 2.45) is 5.92 Å². The molecule has 0 fully saturated rings. The molecule has 74 valence electrons. The smallest absolute Gasteiger partial charge is 0.146 e. The summed E-state index contributed by atoms with van der Waals surface area (Å²) >= 11 is 0. The molecule has 0 saturated carbocycles. The molecular formula is C10H15FO2. The summed E-state index contributed by atoms with van der Waals surface area (Å²) in [6.45, 7) is 0.632. The molecule has 0 heterocycles. The number of aldehydes is 1. The first-order valence-corrected chi connectivity index (χ1v) is 4.57. The van der Waals surface area contributed by atoms with E-state index in [-0.39, 0.29) is 5.92 Å². The number of hydrogen-bond donors (Lipinski definition) is 0. The molecule has 0 saturated heterocycles. The lowest BCUT2D eigenvalue weighted by Gasteiger charge is -2.22. The van der Waals surface area contributed by atoms with Crippen LogP contribution in [0, 0.1) is 5.92 Å². The Morgan fingerprint density at radius 3 is 3.08 bits per heavy atom. The summed E-state index contributed by atoms with van der Waals surface area (Å²) in [5, 5.41) is 0. The summed E-state index contributed by atoms with van der Waals surface area (Å²) in [5.41, 5.74) is 0.607. The van der Waals surface area contributed by atoms with Gasteiger partial charge >= 0.3 is 0 Å². The molecule has 1 aliphatic carbocycles. The van der Waals surface area contributed by atoms with Gasteiger partial charge in [-0.25, -0.2) is 4.39 Å². The normalized spacial score (nSPS) is 28.3. The summed E-state index contributed by atoms with van der Waals surface area (Å²) in [5.74, 6) is 0.199. The fourth-order valence-electron chi connectivity index (χ4n) is 1.66. The monoisotopic (exact) mass is 186 g/mol. The fraction of sp³-hybridized carbons (Fsp3) is 0.700. The second-order valence-electron chi connectivity index (χ2n) is 3.36. The maximum Gasteiger partial charge on any atom is 0.146 e. The Labute approximate surface area is 77.8 Å². The minimum Gasteiger partial charge on any atom is -0.385 e. The average Bonchev–Trinajstić information content (AvgIpc) is 2.16. The summed E-state index contributed by atoms with van der Waals surface area (Å²) in [6.07, 6.45) is 3.39. The van der Waals surface area contributed by atoms with Gasteiger partial charge in [0.1, 0.15) is 12.5 Å². The molecule has 0 aromatic rings. The standard InChI is InChI=1S/C10H15FO2/c1-13-5-4-8-2-3-10(11)6-9(8)7-12/h6-8,10H,2-5H2,1H3/t8?,10-/m1/s1. The van der Waals surface area contributed by atoms with Crippen molar-refractivity contribution < 1.29 is 13.9 Å². The van der Waals surface area contributed by atoms with Crippen LogP contribution in [0.5, 0.6) is 0 Å². The molecule has 2 atom stereocenters. The Morgan fingerprint density at radius 2 is 2.46 bits per heavy atom. The number of ether oxygens (including phenoxy) is 1. The van der Waals surface area contributed by atoms with Crippen LogP contribution in [0.3, 0.4) is 0 Å². The Hall–Kier alpha value is -0.700. The first-order chi connectivity index (χ1) is 6.27. The number of carbonyl (C=O) groups is 1. The van der Waals surface area contributed by atoms with E-state index >= 15 is 0 Å². The highest BCUT2D eigenvalue weighted by Gasteiger charge is 2.21. The van der Waals surface area contributed by atoms with Crippen molar-refractivity contribution >= 4 is 6.29 Å². The van der Waals surface area contributed by atoms with E-state index in [1.54, 1.807) is 7.11 Å². The van der Waals surface area contributed by atoms with Crippen LogP contribution in [0.1, 0.15) is 19.3 Å². The van der Waals surface area contributed by atoms with Gasteiger partial charge in [-0.15, -0.1) is 0 Å². The van der Waals surface area contributed by atoms with Crippen LogP contribution in [0.4, 0.5) is 4.39 Å². The van der Waals surface area contributed by atoms with Crippen molar-refractivity contribution in [3.63, 3.8) is 0 Å². The molecule has 1 unspecified atom stereocenters. The second kappa shape index (κ2) is 5.12. The predicted octanol–water partition coefficient (Wildman–Crippen LogP) is 1.90.